The Labute approximate surface area is 125 Å². The monoisotopic (exact) mass is 289 g/mol. The van der Waals surface area contributed by atoms with Gasteiger partial charge in [-0.25, -0.2) is 4.79 Å². The second kappa shape index (κ2) is 5.88. The van der Waals surface area contributed by atoms with Crippen LogP contribution in [0.3, 0.4) is 0 Å². The fourth-order valence-electron chi connectivity index (χ4n) is 2.22. The van der Waals surface area contributed by atoms with Crippen LogP contribution in [0.4, 0.5) is 0 Å². The van der Waals surface area contributed by atoms with Crippen LogP contribution < -0.4 is 5.32 Å². The Bertz CT molecular complexity index is 519. The SMILES string of the molecule is CC1CC1C(=O)N[C@H](C(=O)OC(C)(C)C)c1ccccc1. The summed E-state index contributed by atoms with van der Waals surface area (Å²) in [4.78, 5) is 24.5. The van der Waals surface area contributed by atoms with Crippen molar-refractivity contribution < 1.29 is 14.3 Å². The Morgan fingerprint density at radius 2 is 1.81 bits per heavy atom. The van der Waals surface area contributed by atoms with E-state index in [9.17, 15) is 9.59 Å². The second-order valence-corrected chi connectivity index (χ2v) is 6.71. The molecule has 0 radical (unpaired) electrons. The van der Waals surface area contributed by atoms with Crippen LogP contribution in [0.5, 0.6) is 0 Å². The fraction of sp³-hybridized carbons (Fsp3) is 0.529. The largest absolute Gasteiger partial charge is 0.458 e. The molecule has 0 saturated heterocycles. The highest BCUT2D eigenvalue weighted by Crippen LogP contribution is 2.38. The first-order valence-electron chi connectivity index (χ1n) is 7.36. The van der Waals surface area contributed by atoms with Crippen molar-refractivity contribution in [3.63, 3.8) is 0 Å². The molecule has 0 bridgehead atoms. The molecule has 1 fully saturated rings. The summed E-state index contributed by atoms with van der Waals surface area (Å²) in [5.41, 5.74) is 0.162. The number of benzene rings is 1. The molecule has 2 unspecified atom stereocenters. The molecule has 0 aromatic heterocycles. The van der Waals surface area contributed by atoms with E-state index in [0.717, 1.165) is 12.0 Å². The van der Waals surface area contributed by atoms with Gasteiger partial charge in [0.15, 0.2) is 6.04 Å². The van der Waals surface area contributed by atoms with Gasteiger partial charge in [-0.1, -0.05) is 37.3 Å². The first-order valence-corrected chi connectivity index (χ1v) is 7.36. The number of carbonyl (C=O) groups is 2. The van der Waals surface area contributed by atoms with Crippen molar-refractivity contribution in [2.24, 2.45) is 11.8 Å². The van der Waals surface area contributed by atoms with Crippen LogP contribution in [-0.2, 0) is 14.3 Å². The first kappa shape index (κ1) is 15.5. The van der Waals surface area contributed by atoms with Gasteiger partial charge in [-0.3, -0.25) is 4.79 Å². The number of hydrogen-bond acceptors (Lipinski definition) is 3. The van der Waals surface area contributed by atoms with Gasteiger partial charge >= 0.3 is 5.97 Å². The fourth-order valence-corrected chi connectivity index (χ4v) is 2.22. The van der Waals surface area contributed by atoms with Crippen LogP contribution in [0.1, 0.15) is 45.7 Å². The molecule has 21 heavy (non-hydrogen) atoms. The van der Waals surface area contributed by atoms with Gasteiger partial charge in [0, 0.05) is 5.92 Å². The Morgan fingerprint density at radius 3 is 2.29 bits per heavy atom. The van der Waals surface area contributed by atoms with E-state index in [4.69, 9.17) is 4.74 Å². The standard InChI is InChI=1S/C17H23NO3/c1-11-10-13(11)15(19)18-14(12-8-6-5-7-9-12)16(20)21-17(2,3)4/h5-9,11,13-14H,10H2,1-4H3,(H,18,19)/t11?,13?,14-/m0/s1. The predicted octanol–water partition coefficient (Wildman–Crippen LogP) is 2.84. The molecular weight excluding hydrogens is 266 g/mol. The van der Waals surface area contributed by atoms with Gasteiger partial charge in [0.2, 0.25) is 5.91 Å². The van der Waals surface area contributed by atoms with Gasteiger partial charge < -0.3 is 10.1 Å². The maximum Gasteiger partial charge on any atom is 0.333 e. The number of amides is 1. The summed E-state index contributed by atoms with van der Waals surface area (Å²) in [7, 11) is 0. The maximum atomic E-state index is 12.4. The zero-order valence-corrected chi connectivity index (χ0v) is 13.1. The Balaban J connectivity index is 2.14. The van der Waals surface area contributed by atoms with Crippen molar-refractivity contribution in [2.45, 2.75) is 45.8 Å². The lowest BCUT2D eigenvalue weighted by atomic mass is 10.1. The highest BCUT2D eigenvalue weighted by Gasteiger charge is 2.41. The number of ether oxygens (including phenoxy) is 1. The lowest BCUT2D eigenvalue weighted by Gasteiger charge is -2.25. The number of esters is 1. The molecule has 1 amide bonds. The van der Waals surface area contributed by atoms with Gasteiger partial charge in [-0.05, 0) is 38.7 Å². The normalized spacial score (nSPS) is 22.3. The molecule has 1 N–H and O–H groups in total. The van der Waals surface area contributed by atoms with Crippen LogP contribution in [0.15, 0.2) is 30.3 Å². The van der Waals surface area contributed by atoms with E-state index >= 15 is 0 Å². The van der Waals surface area contributed by atoms with Crippen molar-refractivity contribution in [2.75, 3.05) is 0 Å². The summed E-state index contributed by atoms with van der Waals surface area (Å²) in [5, 5.41) is 2.83. The highest BCUT2D eigenvalue weighted by atomic mass is 16.6. The Morgan fingerprint density at radius 1 is 1.24 bits per heavy atom. The summed E-state index contributed by atoms with van der Waals surface area (Å²) in [6, 6.07) is 8.47. The van der Waals surface area contributed by atoms with E-state index in [0.29, 0.717) is 5.92 Å². The molecule has 1 aliphatic carbocycles. The van der Waals surface area contributed by atoms with Gasteiger partial charge in [-0.15, -0.1) is 0 Å². The van der Waals surface area contributed by atoms with E-state index in [2.05, 4.69) is 5.32 Å². The van der Waals surface area contributed by atoms with E-state index in [1.807, 2.05) is 58.0 Å². The average Bonchev–Trinajstić information content (AvgIpc) is 3.12. The van der Waals surface area contributed by atoms with Crippen LogP contribution >= 0.6 is 0 Å². The molecule has 1 saturated carbocycles. The third-order valence-electron chi connectivity index (χ3n) is 3.51. The predicted molar refractivity (Wildman–Crippen MR) is 80.4 cm³/mol. The number of nitrogens with one attached hydrogen (secondary N) is 1. The van der Waals surface area contributed by atoms with Crippen molar-refractivity contribution in [3.05, 3.63) is 35.9 Å². The third-order valence-corrected chi connectivity index (χ3v) is 3.51. The van der Waals surface area contributed by atoms with Crippen molar-refractivity contribution in [1.29, 1.82) is 0 Å². The van der Waals surface area contributed by atoms with Gasteiger partial charge in [0.05, 0.1) is 0 Å². The minimum absolute atomic E-state index is 0.0265. The average molecular weight is 289 g/mol. The molecule has 0 aliphatic heterocycles. The molecule has 1 aromatic carbocycles. The molecular formula is C17H23NO3. The molecule has 4 heteroatoms. The van der Waals surface area contributed by atoms with E-state index in [1.165, 1.54) is 0 Å². The summed E-state index contributed by atoms with van der Waals surface area (Å²) in [5.74, 6) is -0.0590. The van der Waals surface area contributed by atoms with Crippen LogP contribution in [0.2, 0.25) is 0 Å². The minimum Gasteiger partial charge on any atom is -0.458 e. The summed E-state index contributed by atoms with van der Waals surface area (Å²) >= 11 is 0. The molecule has 2 rings (SSSR count). The van der Waals surface area contributed by atoms with Crippen molar-refractivity contribution in [3.8, 4) is 0 Å². The summed E-state index contributed by atoms with van der Waals surface area (Å²) in [6.45, 7) is 7.49. The molecule has 0 spiro atoms. The van der Waals surface area contributed by atoms with Crippen molar-refractivity contribution in [1.82, 2.24) is 5.32 Å². The molecule has 3 atom stereocenters. The van der Waals surface area contributed by atoms with Gasteiger partial charge in [0.1, 0.15) is 5.60 Å². The van der Waals surface area contributed by atoms with E-state index in [1.54, 1.807) is 0 Å². The van der Waals surface area contributed by atoms with E-state index in [-0.39, 0.29) is 11.8 Å². The Hall–Kier alpha value is -1.84. The van der Waals surface area contributed by atoms with Crippen LogP contribution in [0, 0.1) is 11.8 Å². The van der Waals surface area contributed by atoms with Crippen LogP contribution in [-0.4, -0.2) is 17.5 Å². The second-order valence-electron chi connectivity index (χ2n) is 6.71. The quantitative estimate of drug-likeness (QED) is 0.867. The zero-order valence-electron chi connectivity index (χ0n) is 13.1. The topological polar surface area (TPSA) is 55.4 Å². The lowest BCUT2D eigenvalue weighted by molar-refractivity contribution is -0.159. The number of hydrogen-bond donors (Lipinski definition) is 1. The maximum absolute atomic E-state index is 12.4. The summed E-state index contributed by atoms with van der Waals surface area (Å²) < 4.78 is 5.43. The van der Waals surface area contributed by atoms with Gasteiger partial charge in [0.25, 0.3) is 0 Å². The molecule has 0 heterocycles. The smallest absolute Gasteiger partial charge is 0.333 e. The zero-order chi connectivity index (χ0) is 15.6. The minimum atomic E-state index is -0.745. The van der Waals surface area contributed by atoms with Crippen LogP contribution in [0.25, 0.3) is 0 Å². The number of carbonyl (C=O) groups excluding carboxylic acids is 2. The molecule has 4 nitrogen and oxygen atoms in total. The Kier molecular flexibility index (Phi) is 4.35. The number of rotatable bonds is 4. The first-order chi connectivity index (χ1) is 9.78. The molecule has 1 aliphatic rings. The van der Waals surface area contributed by atoms with E-state index < -0.39 is 17.6 Å². The summed E-state index contributed by atoms with van der Waals surface area (Å²) in [6.07, 6.45) is 0.891. The third kappa shape index (κ3) is 4.31. The highest BCUT2D eigenvalue weighted by molar-refractivity contribution is 5.88. The molecule has 114 valence electrons. The van der Waals surface area contributed by atoms with Crippen molar-refractivity contribution >= 4 is 11.9 Å². The van der Waals surface area contributed by atoms with Gasteiger partial charge in [-0.2, -0.15) is 0 Å². The molecule has 1 aromatic rings. The lowest BCUT2D eigenvalue weighted by Crippen LogP contribution is -2.38.